The fourth-order valence-electron chi connectivity index (χ4n) is 4.70. The highest BCUT2D eigenvalue weighted by Crippen LogP contribution is 2.37. The summed E-state index contributed by atoms with van der Waals surface area (Å²) in [6.45, 7) is 8.40. The fourth-order valence-corrected chi connectivity index (χ4v) is 4.70. The average Bonchev–Trinajstić information content (AvgIpc) is 2.77. The smallest absolute Gasteiger partial charge is 0.318 e. The van der Waals surface area contributed by atoms with Gasteiger partial charge in [-0.3, -0.25) is 14.5 Å². The van der Waals surface area contributed by atoms with Crippen LogP contribution in [-0.4, -0.2) is 57.9 Å². The normalized spacial score (nSPS) is 21.4. The molecule has 0 unspecified atom stereocenters. The topological polar surface area (TPSA) is 95.7 Å². The molecular weight excluding hydrogens is 344 g/mol. The second-order valence-corrected chi connectivity index (χ2v) is 8.67. The number of amides is 4. The van der Waals surface area contributed by atoms with Gasteiger partial charge in [0.15, 0.2) is 0 Å². The minimum Gasteiger partial charge on any atom is -0.336 e. The SMILES string of the molecule is CC1(C)CC(N)CC(C)(C)N1C(=O)NCCN1C(=O)c2ccccc2C1=O. The molecule has 4 amide bonds. The van der Waals surface area contributed by atoms with Gasteiger partial charge in [-0.15, -0.1) is 0 Å². The number of piperidine rings is 1. The van der Waals surface area contributed by atoms with Gasteiger partial charge in [-0.05, 0) is 52.7 Å². The minimum atomic E-state index is -0.374. The molecule has 1 aromatic rings. The Labute approximate surface area is 159 Å². The van der Waals surface area contributed by atoms with E-state index in [9.17, 15) is 14.4 Å². The van der Waals surface area contributed by atoms with E-state index in [0.717, 1.165) is 12.8 Å². The van der Waals surface area contributed by atoms with Crippen LogP contribution in [0.3, 0.4) is 0 Å². The third-order valence-corrected chi connectivity index (χ3v) is 5.43. The summed E-state index contributed by atoms with van der Waals surface area (Å²) < 4.78 is 0. The highest BCUT2D eigenvalue weighted by molar-refractivity contribution is 6.21. The Balaban J connectivity index is 1.63. The number of hydrogen-bond donors (Lipinski definition) is 2. The van der Waals surface area contributed by atoms with Crippen LogP contribution >= 0.6 is 0 Å². The molecule has 0 saturated carbocycles. The maximum Gasteiger partial charge on any atom is 0.318 e. The van der Waals surface area contributed by atoms with Crippen LogP contribution < -0.4 is 11.1 Å². The Morgan fingerprint density at radius 2 is 1.56 bits per heavy atom. The van der Waals surface area contributed by atoms with Crippen molar-refractivity contribution in [2.75, 3.05) is 13.1 Å². The van der Waals surface area contributed by atoms with E-state index in [4.69, 9.17) is 5.73 Å². The van der Waals surface area contributed by atoms with Gasteiger partial charge < -0.3 is 16.0 Å². The average molecular weight is 372 g/mol. The van der Waals surface area contributed by atoms with Crippen molar-refractivity contribution in [3.8, 4) is 0 Å². The van der Waals surface area contributed by atoms with Crippen molar-refractivity contribution in [2.45, 2.75) is 57.7 Å². The van der Waals surface area contributed by atoms with Crippen LogP contribution in [0.1, 0.15) is 61.3 Å². The zero-order valence-corrected chi connectivity index (χ0v) is 16.4. The summed E-state index contributed by atoms with van der Waals surface area (Å²) in [5.41, 5.74) is 6.25. The quantitative estimate of drug-likeness (QED) is 0.793. The third kappa shape index (κ3) is 3.43. The summed E-state index contributed by atoms with van der Waals surface area (Å²) in [6, 6.07) is 6.62. The van der Waals surface area contributed by atoms with Gasteiger partial charge in [0.1, 0.15) is 0 Å². The Bertz CT molecular complexity index is 734. The number of nitrogens with zero attached hydrogens (tertiary/aromatic N) is 2. The number of nitrogens with one attached hydrogen (secondary N) is 1. The van der Waals surface area contributed by atoms with Crippen LogP contribution in [0, 0.1) is 0 Å². The number of hydrogen-bond acceptors (Lipinski definition) is 4. The lowest BCUT2D eigenvalue weighted by atomic mass is 9.77. The van der Waals surface area contributed by atoms with E-state index in [2.05, 4.69) is 5.32 Å². The predicted octanol–water partition coefficient (Wildman–Crippen LogP) is 1.97. The minimum absolute atomic E-state index is 0.0531. The molecule has 3 rings (SSSR count). The van der Waals surface area contributed by atoms with E-state index in [1.54, 1.807) is 24.3 Å². The van der Waals surface area contributed by atoms with Gasteiger partial charge in [-0.25, -0.2) is 4.79 Å². The Kier molecular flexibility index (Phi) is 4.76. The van der Waals surface area contributed by atoms with E-state index >= 15 is 0 Å². The summed E-state index contributed by atoms with van der Waals surface area (Å²) in [7, 11) is 0. The zero-order valence-electron chi connectivity index (χ0n) is 16.4. The lowest BCUT2D eigenvalue weighted by Gasteiger charge is -2.54. The first-order valence-electron chi connectivity index (χ1n) is 9.33. The van der Waals surface area contributed by atoms with Crippen molar-refractivity contribution in [2.24, 2.45) is 5.73 Å². The molecule has 27 heavy (non-hydrogen) atoms. The number of likely N-dealkylation sites (tertiary alicyclic amines) is 1. The second-order valence-electron chi connectivity index (χ2n) is 8.67. The number of rotatable bonds is 3. The number of imide groups is 1. The van der Waals surface area contributed by atoms with Gasteiger partial charge in [-0.1, -0.05) is 12.1 Å². The summed E-state index contributed by atoms with van der Waals surface area (Å²) >= 11 is 0. The molecule has 0 aromatic heterocycles. The molecule has 2 aliphatic heterocycles. The van der Waals surface area contributed by atoms with Crippen molar-refractivity contribution in [3.05, 3.63) is 35.4 Å². The first-order chi connectivity index (χ1) is 12.5. The Morgan fingerprint density at radius 1 is 1.07 bits per heavy atom. The second kappa shape index (κ2) is 6.64. The molecule has 0 radical (unpaired) electrons. The monoisotopic (exact) mass is 372 g/mol. The molecule has 0 aliphatic carbocycles. The van der Waals surface area contributed by atoms with Crippen LogP contribution in [0.25, 0.3) is 0 Å². The van der Waals surface area contributed by atoms with Crippen LogP contribution in [0.2, 0.25) is 0 Å². The van der Waals surface area contributed by atoms with Gasteiger partial charge >= 0.3 is 6.03 Å². The molecule has 3 N–H and O–H groups in total. The zero-order chi connectivity index (χ0) is 20.0. The Hall–Kier alpha value is -2.41. The standard InChI is InChI=1S/C20H28N4O3/c1-19(2)11-13(21)12-20(3,4)24(19)18(27)22-9-10-23-16(25)14-7-5-6-8-15(14)17(23)26/h5-8,13H,9-12,21H2,1-4H3,(H,22,27). The molecule has 2 aliphatic rings. The summed E-state index contributed by atoms with van der Waals surface area (Å²) in [4.78, 5) is 40.7. The number of carbonyl (C=O) groups excluding carboxylic acids is 3. The van der Waals surface area contributed by atoms with Crippen molar-refractivity contribution in [1.29, 1.82) is 0 Å². The largest absolute Gasteiger partial charge is 0.336 e. The summed E-state index contributed by atoms with van der Waals surface area (Å²) in [5, 5.41) is 2.87. The maximum absolute atomic E-state index is 12.9. The highest BCUT2D eigenvalue weighted by Gasteiger charge is 2.47. The van der Waals surface area contributed by atoms with Gasteiger partial charge in [0.2, 0.25) is 0 Å². The molecule has 0 bridgehead atoms. The lowest BCUT2D eigenvalue weighted by molar-refractivity contribution is 0.00292. The van der Waals surface area contributed by atoms with E-state index in [0.29, 0.717) is 11.1 Å². The van der Waals surface area contributed by atoms with Crippen LogP contribution in [0.15, 0.2) is 24.3 Å². The number of urea groups is 1. The number of nitrogens with two attached hydrogens (primary N) is 1. The Morgan fingerprint density at radius 3 is 2.04 bits per heavy atom. The molecule has 7 heteroatoms. The molecular formula is C20H28N4O3. The maximum atomic E-state index is 12.9. The number of fused-ring (bicyclic) bond motifs is 1. The number of carbonyl (C=O) groups is 3. The van der Waals surface area contributed by atoms with Crippen LogP contribution in [0.5, 0.6) is 0 Å². The molecule has 0 atom stereocenters. The van der Waals surface area contributed by atoms with Crippen LogP contribution in [0.4, 0.5) is 4.79 Å². The molecule has 1 fully saturated rings. The van der Waals surface area contributed by atoms with E-state index < -0.39 is 0 Å². The van der Waals surface area contributed by atoms with Crippen molar-refractivity contribution >= 4 is 17.8 Å². The third-order valence-electron chi connectivity index (χ3n) is 5.43. The van der Waals surface area contributed by atoms with Crippen molar-refractivity contribution < 1.29 is 14.4 Å². The molecule has 7 nitrogen and oxygen atoms in total. The molecule has 0 spiro atoms. The van der Waals surface area contributed by atoms with Gasteiger partial charge in [0.25, 0.3) is 11.8 Å². The molecule has 2 heterocycles. The number of benzene rings is 1. The van der Waals surface area contributed by atoms with Crippen molar-refractivity contribution in [1.82, 2.24) is 15.1 Å². The summed E-state index contributed by atoms with van der Waals surface area (Å²) in [5.74, 6) is -0.621. The fraction of sp³-hybridized carbons (Fsp3) is 0.550. The van der Waals surface area contributed by atoms with E-state index in [-0.39, 0.29) is 48.1 Å². The lowest BCUT2D eigenvalue weighted by Crippen LogP contribution is -2.67. The summed E-state index contributed by atoms with van der Waals surface area (Å²) in [6.07, 6.45) is 1.45. The van der Waals surface area contributed by atoms with Gasteiger partial charge in [0.05, 0.1) is 11.1 Å². The van der Waals surface area contributed by atoms with Crippen molar-refractivity contribution in [3.63, 3.8) is 0 Å². The van der Waals surface area contributed by atoms with Crippen LogP contribution in [-0.2, 0) is 0 Å². The molecule has 146 valence electrons. The molecule has 1 aromatic carbocycles. The first kappa shape index (κ1) is 19.4. The first-order valence-corrected chi connectivity index (χ1v) is 9.33. The predicted molar refractivity (Wildman–Crippen MR) is 102 cm³/mol. The highest BCUT2D eigenvalue weighted by atomic mass is 16.2. The molecule has 1 saturated heterocycles. The van der Waals surface area contributed by atoms with Gasteiger partial charge in [-0.2, -0.15) is 0 Å². The van der Waals surface area contributed by atoms with E-state index in [1.165, 1.54) is 4.90 Å². The van der Waals surface area contributed by atoms with Gasteiger partial charge in [0, 0.05) is 30.2 Å². The van der Waals surface area contributed by atoms with E-state index in [1.807, 2.05) is 32.6 Å².